The van der Waals surface area contributed by atoms with Gasteiger partial charge in [-0.3, -0.25) is 4.79 Å². The molecule has 1 aliphatic heterocycles. The maximum absolute atomic E-state index is 11.1. The van der Waals surface area contributed by atoms with Gasteiger partial charge in [-0.15, -0.1) is 0 Å². The van der Waals surface area contributed by atoms with Gasteiger partial charge in [0, 0.05) is 10.5 Å². The molecule has 5 heteroatoms. The lowest BCUT2D eigenvalue weighted by Crippen LogP contribution is -2.57. The Morgan fingerprint density at radius 1 is 1.54 bits per heavy atom. The number of amides is 1. The van der Waals surface area contributed by atoms with E-state index in [1.807, 2.05) is 13.8 Å². The minimum atomic E-state index is -0.826. The van der Waals surface area contributed by atoms with E-state index >= 15 is 0 Å². The number of carbonyl (C=O) groups excluding carboxylic acids is 2. The smallest absolute Gasteiger partial charge is 0.396 e. The molecule has 4 nitrogen and oxygen atoms in total. The Kier molecular flexibility index (Phi) is 2.85. The van der Waals surface area contributed by atoms with Gasteiger partial charge in [0.25, 0.3) is 0 Å². The van der Waals surface area contributed by atoms with Crippen LogP contribution < -0.4 is 5.32 Å². The maximum atomic E-state index is 11.1. The predicted octanol–water partition coefficient (Wildman–Crippen LogP) is 0.170. The van der Waals surface area contributed by atoms with Gasteiger partial charge < -0.3 is 10.1 Å². The number of esters is 1. The summed E-state index contributed by atoms with van der Waals surface area (Å²) >= 11 is 1.77. The molecule has 13 heavy (non-hydrogen) atoms. The van der Waals surface area contributed by atoms with Gasteiger partial charge in [0.05, 0.1) is 13.2 Å². The standard InChI is InChI=1S/C8H13NO3S/c1-8(2)5(4-13-8)9-6(10)7(11)12-3/h5H,4H2,1-3H3,(H,9,10). The summed E-state index contributed by atoms with van der Waals surface area (Å²) in [7, 11) is 1.20. The molecule has 0 aliphatic carbocycles. The summed E-state index contributed by atoms with van der Waals surface area (Å²) in [6.07, 6.45) is 0. The van der Waals surface area contributed by atoms with Gasteiger partial charge in [-0.05, 0) is 13.8 Å². The van der Waals surface area contributed by atoms with Crippen LogP contribution in [0.1, 0.15) is 13.8 Å². The number of hydrogen-bond donors (Lipinski definition) is 1. The van der Waals surface area contributed by atoms with Crippen molar-refractivity contribution in [3.8, 4) is 0 Å². The van der Waals surface area contributed by atoms with Crippen LogP contribution in [0.3, 0.4) is 0 Å². The first kappa shape index (κ1) is 10.4. The highest BCUT2D eigenvalue weighted by atomic mass is 32.2. The number of rotatable bonds is 1. The van der Waals surface area contributed by atoms with E-state index in [2.05, 4.69) is 10.1 Å². The summed E-state index contributed by atoms with van der Waals surface area (Å²) in [6, 6.07) is 0.0732. The first-order valence-corrected chi connectivity index (χ1v) is 4.98. The highest BCUT2D eigenvalue weighted by Gasteiger charge is 2.41. The zero-order valence-corrected chi connectivity index (χ0v) is 8.73. The van der Waals surface area contributed by atoms with Crippen LogP contribution in [0.15, 0.2) is 0 Å². The zero-order chi connectivity index (χ0) is 10.1. The molecule has 1 rings (SSSR count). The fourth-order valence-corrected chi connectivity index (χ4v) is 2.17. The Morgan fingerprint density at radius 3 is 2.46 bits per heavy atom. The maximum Gasteiger partial charge on any atom is 0.396 e. The third-order valence-corrected chi connectivity index (χ3v) is 3.67. The van der Waals surface area contributed by atoms with Crippen LogP contribution >= 0.6 is 11.8 Å². The van der Waals surface area contributed by atoms with E-state index in [0.29, 0.717) is 0 Å². The molecule has 0 radical (unpaired) electrons. The van der Waals surface area contributed by atoms with E-state index < -0.39 is 11.9 Å². The molecule has 0 spiro atoms. The normalized spacial score (nSPS) is 24.4. The van der Waals surface area contributed by atoms with Crippen molar-refractivity contribution in [2.45, 2.75) is 24.6 Å². The lowest BCUT2D eigenvalue weighted by Gasteiger charge is -2.43. The summed E-state index contributed by atoms with van der Waals surface area (Å²) in [5, 5.41) is 2.62. The van der Waals surface area contributed by atoms with E-state index in [9.17, 15) is 9.59 Å². The molecule has 1 N–H and O–H groups in total. The second-order valence-corrected chi connectivity index (χ2v) is 5.11. The first-order valence-electron chi connectivity index (χ1n) is 4.00. The van der Waals surface area contributed by atoms with Crippen molar-refractivity contribution in [1.29, 1.82) is 0 Å². The van der Waals surface area contributed by atoms with E-state index in [-0.39, 0.29) is 10.8 Å². The molecule has 1 saturated heterocycles. The van der Waals surface area contributed by atoms with Gasteiger partial charge in [-0.25, -0.2) is 4.79 Å². The molecule has 1 fully saturated rings. The summed E-state index contributed by atoms with van der Waals surface area (Å²) in [5.41, 5.74) is 0. The Balaban J connectivity index is 2.42. The number of carbonyl (C=O) groups is 2. The molecular weight excluding hydrogens is 190 g/mol. The van der Waals surface area contributed by atoms with Crippen LogP contribution in [0.2, 0.25) is 0 Å². The van der Waals surface area contributed by atoms with Gasteiger partial charge in [-0.1, -0.05) is 0 Å². The predicted molar refractivity (Wildman–Crippen MR) is 50.5 cm³/mol. The van der Waals surface area contributed by atoms with Gasteiger partial charge >= 0.3 is 11.9 Å². The number of ether oxygens (including phenoxy) is 1. The molecular formula is C8H13NO3S. The molecule has 1 unspecified atom stereocenters. The average Bonchev–Trinajstić information content (AvgIpc) is 2.10. The number of hydrogen-bond acceptors (Lipinski definition) is 4. The van der Waals surface area contributed by atoms with Crippen LogP contribution in [-0.2, 0) is 14.3 Å². The summed E-state index contributed by atoms with van der Waals surface area (Å²) in [6.45, 7) is 4.06. The Hall–Kier alpha value is -0.710. The largest absolute Gasteiger partial charge is 0.462 e. The van der Waals surface area contributed by atoms with Crippen LogP contribution in [0, 0.1) is 0 Å². The van der Waals surface area contributed by atoms with Gasteiger partial charge in [-0.2, -0.15) is 11.8 Å². The second-order valence-electron chi connectivity index (χ2n) is 3.43. The third-order valence-electron chi connectivity index (χ3n) is 2.14. The second kappa shape index (κ2) is 3.57. The number of methoxy groups -OCH3 is 1. The Bertz CT molecular complexity index is 240. The lowest BCUT2D eigenvalue weighted by molar-refractivity contribution is -0.153. The van der Waals surface area contributed by atoms with Crippen molar-refractivity contribution in [2.24, 2.45) is 0 Å². The van der Waals surface area contributed by atoms with Crippen LogP contribution in [0.4, 0.5) is 0 Å². The van der Waals surface area contributed by atoms with Crippen molar-refractivity contribution < 1.29 is 14.3 Å². The quantitative estimate of drug-likeness (QED) is 0.487. The van der Waals surface area contributed by atoms with Crippen molar-refractivity contribution in [3.05, 3.63) is 0 Å². The fraction of sp³-hybridized carbons (Fsp3) is 0.750. The van der Waals surface area contributed by atoms with Crippen molar-refractivity contribution in [2.75, 3.05) is 12.9 Å². The first-order chi connectivity index (χ1) is 5.97. The lowest BCUT2D eigenvalue weighted by atomic mass is 10.0. The summed E-state index contributed by atoms with van der Waals surface area (Å²) in [5.74, 6) is -0.621. The SMILES string of the molecule is COC(=O)C(=O)NC1CSC1(C)C. The molecule has 0 aromatic rings. The fourth-order valence-electron chi connectivity index (χ4n) is 1.03. The number of nitrogens with one attached hydrogen (secondary N) is 1. The van der Waals surface area contributed by atoms with Crippen molar-refractivity contribution >= 4 is 23.6 Å². The molecule has 1 atom stereocenters. The van der Waals surface area contributed by atoms with Gasteiger partial charge in [0.1, 0.15) is 0 Å². The highest BCUT2D eigenvalue weighted by Crippen LogP contribution is 2.39. The van der Waals surface area contributed by atoms with Gasteiger partial charge in [0.15, 0.2) is 0 Å². The van der Waals surface area contributed by atoms with Crippen LogP contribution in [0.25, 0.3) is 0 Å². The summed E-state index contributed by atoms with van der Waals surface area (Å²) < 4.78 is 4.32. The minimum absolute atomic E-state index is 0.0314. The molecule has 74 valence electrons. The minimum Gasteiger partial charge on any atom is -0.462 e. The molecule has 1 amide bonds. The van der Waals surface area contributed by atoms with Crippen LogP contribution in [-0.4, -0.2) is 35.5 Å². The monoisotopic (exact) mass is 203 g/mol. The highest BCUT2D eigenvalue weighted by molar-refractivity contribution is 8.02. The Morgan fingerprint density at radius 2 is 2.15 bits per heavy atom. The van der Waals surface area contributed by atoms with E-state index in [1.165, 1.54) is 7.11 Å². The molecule has 1 aliphatic rings. The van der Waals surface area contributed by atoms with E-state index in [1.54, 1.807) is 11.8 Å². The van der Waals surface area contributed by atoms with Gasteiger partial charge in [0.2, 0.25) is 0 Å². The summed E-state index contributed by atoms with van der Waals surface area (Å²) in [4.78, 5) is 21.8. The topological polar surface area (TPSA) is 55.4 Å². The van der Waals surface area contributed by atoms with Crippen LogP contribution in [0.5, 0.6) is 0 Å². The Labute approximate surface area is 81.4 Å². The molecule has 0 saturated carbocycles. The molecule has 0 bridgehead atoms. The number of thioether (sulfide) groups is 1. The van der Waals surface area contributed by atoms with E-state index in [4.69, 9.17) is 0 Å². The third kappa shape index (κ3) is 2.15. The zero-order valence-electron chi connectivity index (χ0n) is 7.92. The van der Waals surface area contributed by atoms with E-state index in [0.717, 1.165) is 5.75 Å². The molecule has 0 aromatic carbocycles. The molecule has 0 aromatic heterocycles. The average molecular weight is 203 g/mol. The molecule has 1 heterocycles. The van der Waals surface area contributed by atoms with Crippen molar-refractivity contribution in [1.82, 2.24) is 5.32 Å². The van der Waals surface area contributed by atoms with Crippen molar-refractivity contribution in [3.63, 3.8) is 0 Å².